The molecule has 1 aliphatic carbocycles. The van der Waals surface area contributed by atoms with Crippen molar-refractivity contribution >= 4 is 11.7 Å². The first-order chi connectivity index (χ1) is 12.6. The predicted octanol–water partition coefficient (Wildman–Crippen LogP) is 3.97. The molecule has 1 aromatic carbocycles. The van der Waals surface area contributed by atoms with E-state index in [1.54, 1.807) is 12.5 Å². The van der Waals surface area contributed by atoms with Gasteiger partial charge in [0.2, 0.25) is 0 Å². The van der Waals surface area contributed by atoms with Crippen LogP contribution < -0.4 is 4.90 Å². The Bertz CT molecular complexity index is 790. The third kappa shape index (κ3) is 3.22. The van der Waals surface area contributed by atoms with E-state index >= 15 is 0 Å². The van der Waals surface area contributed by atoms with E-state index in [9.17, 15) is 4.79 Å². The summed E-state index contributed by atoms with van der Waals surface area (Å²) in [5.74, 6) is -0.291. The first-order valence-electron chi connectivity index (χ1n) is 9.74. The van der Waals surface area contributed by atoms with E-state index in [2.05, 4.69) is 28.1 Å². The van der Waals surface area contributed by atoms with Crippen molar-refractivity contribution in [3.05, 3.63) is 47.5 Å². The monoisotopic (exact) mass is 353 g/mol. The number of esters is 1. The molecule has 0 amide bonds. The lowest BCUT2D eigenvalue weighted by molar-refractivity contribution is 0.0363. The van der Waals surface area contributed by atoms with Gasteiger partial charge in [-0.3, -0.25) is 0 Å². The van der Waals surface area contributed by atoms with Gasteiger partial charge in [0.25, 0.3) is 0 Å². The first kappa shape index (κ1) is 17.1. The topological polar surface area (TPSA) is 47.4 Å². The van der Waals surface area contributed by atoms with Crippen LogP contribution in [0.4, 0.5) is 5.69 Å². The zero-order valence-electron chi connectivity index (χ0n) is 15.6. The normalized spacial score (nSPS) is 19.7. The minimum Gasteiger partial charge on any atom is -0.458 e. The Balaban J connectivity index is 1.69. The lowest BCUT2D eigenvalue weighted by atomic mass is 9.87. The predicted molar refractivity (Wildman–Crippen MR) is 102 cm³/mol. The molecule has 138 valence electrons. The number of carbonyl (C=O) groups excluding carboxylic acids is 1. The van der Waals surface area contributed by atoms with Gasteiger partial charge in [0.05, 0.1) is 24.7 Å². The molecule has 0 N–H and O–H groups in total. The second-order valence-corrected chi connectivity index (χ2v) is 7.63. The van der Waals surface area contributed by atoms with Crippen LogP contribution in [0.25, 0.3) is 0 Å². The minimum atomic E-state index is -0.291. The SMILES string of the molecule is CC(C)OC(=O)c1cncn1C1CCCc2ccc(N3CCCC3)cc21. The highest BCUT2D eigenvalue weighted by Gasteiger charge is 2.27. The first-order valence-corrected chi connectivity index (χ1v) is 9.74. The zero-order valence-corrected chi connectivity index (χ0v) is 15.6. The van der Waals surface area contributed by atoms with Crippen LogP contribution >= 0.6 is 0 Å². The summed E-state index contributed by atoms with van der Waals surface area (Å²) in [6, 6.07) is 7.02. The number of hydrogen-bond acceptors (Lipinski definition) is 4. The summed E-state index contributed by atoms with van der Waals surface area (Å²) in [6.07, 6.45) is 9.06. The second kappa shape index (κ2) is 7.14. The van der Waals surface area contributed by atoms with E-state index in [-0.39, 0.29) is 18.1 Å². The van der Waals surface area contributed by atoms with Crippen LogP contribution in [-0.4, -0.2) is 34.7 Å². The molecule has 0 radical (unpaired) electrons. The Morgan fingerprint density at radius 1 is 1.23 bits per heavy atom. The molecule has 5 nitrogen and oxygen atoms in total. The molecule has 1 saturated heterocycles. The van der Waals surface area contributed by atoms with Crippen molar-refractivity contribution in [1.29, 1.82) is 0 Å². The van der Waals surface area contributed by atoms with E-state index in [1.165, 1.54) is 29.7 Å². The van der Waals surface area contributed by atoms with Gasteiger partial charge in [-0.05, 0) is 69.2 Å². The van der Waals surface area contributed by atoms with Crippen LogP contribution in [0.2, 0.25) is 0 Å². The number of aryl methyl sites for hydroxylation is 1. The molecule has 26 heavy (non-hydrogen) atoms. The molecule has 2 heterocycles. The third-order valence-corrected chi connectivity index (χ3v) is 5.44. The zero-order chi connectivity index (χ0) is 18.1. The van der Waals surface area contributed by atoms with Crippen LogP contribution in [-0.2, 0) is 11.2 Å². The standard InChI is InChI=1S/C21H27N3O2/c1-15(2)26-21(25)20-13-22-14-24(20)19-7-5-6-16-8-9-17(12-18(16)19)23-10-3-4-11-23/h8-9,12-15,19H,3-7,10-11H2,1-2H3. The number of ether oxygens (including phenoxy) is 1. The van der Waals surface area contributed by atoms with Gasteiger partial charge in [-0.1, -0.05) is 6.07 Å². The van der Waals surface area contributed by atoms with E-state index in [1.807, 2.05) is 18.4 Å². The molecule has 1 unspecified atom stereocenters. The van der Waals surface area contributed by atoms with Crippen LogP contribution in [0.3, 0.4) is 0 Å². The van der Waals surface area contributed by atoms with Gasteiger partial charge in [-0.2, -0.15) is 0 Å². The molecule has 1 atom stereocenters. The lowest BCUT2D eigenvalue weighted by Crippen LogP contribution is -2.23. The molecular weight excluding hydrogens is 326 g/mol. The summed E-state index contributed by atoms with van der Waals surface area (Å²) in [5.41, 5.74) is 4.57. The lowest BCUT2D eigenvalue weighted by Gasteiger charge is -2.29. The second-order valence-electron chi connectivity index (χ2n) is 7.63. The third-order valence-electron chi connectivity index (χ3n) is 5.44. The number of nitrogens with zero attached hydrogens (tertiary/aromatic N) is 3. The van der Waals surface area contributed by atoms with Gasteiger partial charge >= 0.3 is 5.97 Å². The van der Waals surface area contributed by atoms with Crippen molar-refractivity contribution in [2.75, 3.05) is 18.0 Å². The molecule has 5 heteroatoms. The van der Waals surface area contributed by atoms with E-state index < -0.39 is 0 Å². The molecule has 1 aliphatic heterocycles. The number of carbonyl (C=O) groups is 1. The Labute approximate surface area is 155 Å². The number of benzene rings is 1. The van der Waals surface area contributed by atoms with Crippen molar-refractivity contribution in [2.24, 2.45) is 0 Å². The number of fused-ring (bicyclic) bond motifs is 1. The van der Waals surface area contributed by atoms with Crippen LogP contribution in [0, 0.1) is 0 Å². The van der Waals surface area contributed by atoms with Gasteiger partial charge in [0.1, 0.15) is 5.69 Å². The fourth-order valence-corrected chi connectivity index (χ4v) is 4.21. The summed E-state index contributed by atoms with van der Waals surface area (Å²) < 4.78 is 7.42. The Hall–Kier alpha value is -2.30. The van der Waals surface area contributed by atoms with E-state index in [0.717, 1.165) is 32.4 Å². The van der Waals surface area contributed by atoms with Crippen LogP contribution in [0.15, 0.2) is 30.7 Å². The maximum absolute atomic E-state index is 12.5. The highest BCUT2D eigenvalue weighted by Crippen LogP contribution is 2.36. The highest BCUT2D eigenvalue weighted by molar-refractivity contribution is 5.87. The smallest absolute Gasteiger partial charge is 0.356 e. The molecule has 2 aromatic rings. The molecule has 0 saturated carbocycles. The molecule has 1 fully saturated rings. The average Bonchev–Trinajstić information content (AvgIpc) is 3.32. The van der Waals surface area contributed by atoms with Crippen LogP contribution in [0.1, 0.15) is 67.2 Å². The Kier molecular flexibility index (Phi) is 4.70. The minimum absolute atomic E-state index is 0.133. The summed E-state index contributed by atoms with van der Waals surface area (Å²) in [6.45, 7) is 6.02. The van der Waals surface area contributed by atoms with Crippen molar-refractivity contribution in [3.8, 4) is 0 Å². The van der Waals surface area contributed by atoms with Gasteiger partial charge in [0.15, 0.2) is 0 Å². The summed E-state index contributed by atoms with van der Waals surface area (Å²) >= 11 is 0. The Morgan fingerprint density at radius 2 is 2.04 bits per heavy atom. The van der Waals surface area contributed by atoms with Gasteiger partial charge in [-0.15, -0.1) is 0 Å². The number of rotatable bonds is 4. The quantitative estimate of drug-likeness (QED) is 0.780. The summed E-state index contributed by atoms with van der Waals surface area (Å²) in [5, 5.41) is 0. The van der Waals surface area contributed by atoms with Crippen molar-refractivity contribution in [1.82, 2.24) is 9.55 Å². The molecule has 4 rings (SSSR count). The number of anilines is 1. The van der Waals surface area contributed by atoms with Gasteiger partial charge in [0, 0.05) is 18.8 Å². The number of imidazole rings is 1. The van der Waals surface area contributed by atoms with Gasteiger partial charge in [-0.25, -0.2) is 9.78 Å². The van der Waals surface area contributed by atoms with E-state index in [4.69, 9.17) is 4.74 Å². The largest absolute Gasteiger partial charge is 0.458 e. The van der Waals surface area contributed by atoms with Gasteiger partial charge < -0.3 is 14.2 Å². The summed E-state index contributed by atoms with van der Waals surface area (Å²) in [7, 11) is 0. The van der Waals surface area contributed by atoms with Crippen molar-refractivity contribution in [2.45, 2.75) is 58.1 Å². The highest BCUT2D eigenvalue weighted by atomic mass is 16.5. The Morgan fingerprint density at radius 3 is 2.81 bits per heavy atom. The van der Waals surface area contributed by atoms with E-state index in [0.29, 0.717) is 5.69 Å². The van der Waals surface area contributed by atoms with Crippen LogP contribution in [0.5, 0.6) is 0 Å². The maximum atomic E-state index is 12.5. The number of hydrogen-bond donors (Lipinski definition) is 0. The fourth-order valence-electron chi connectivity index (χ4n) is 4.21. The fraction of sp³-hybridized carbons (Fsp3) is 0.524. The summed E-state index contributed by atoms with van der Waals surface area (Å²) in [4.78, 5) is 19.2. The molecule has 2 aliphatic rings. The molecule has 0 bridgehead atoms. The average molecular weight is 353 g/mol. The van der Waals surface area contributed by atoms with Crippen molar-refractivity contribution in [3.63, 3.8) is 0 Å². The molecule has 1 aromatic heterocycles. The van der Waals surface area contributed by atoms with Crippen molar-refractivity contribution < 1.29 is 9.53 Å². The maximum Gasteiger partial charge on any atom is 0.356 e. The number of aromatic nitrogens is 2. The molecular formula is C21H27N3O2. The molecule has 0 spiro atoms.